The molecule has 1 saturated carbocycles. The van der Waals surface area contributed by atoms with Gasteiger partial charge in [0, 0.05) is 11.6 Å². The molecule has 25 heavy (non-hydrogen) atoms. The fraction of sp³-hybridized carbons (Fsp3) is 0.333. The second-order valence-electron chi connectivity index (χ2n) is 6.72. The highest BCUT2D eigenvalue weighted by Gasteiger charge is 2.27. The first-order chi connectivity index (χ1) is 12.1. The molecule has 2 aromatic rings. The maximum atomic E-state index is 12.5. The van der Waals surface area contributed by atoms with E-state index in [4.69, 9.17) is 5.11 Å². The zero-order chi connectivity index (χ0) is 17.6. The van der Waals surface area contributed by atoms with E-state index in [-0.39, 0.29) is 18.2 Å². The normalized spacial score (nSPS) is 20.0. The third-order valence-corrected chi connectivity index (χ3v) is 4.92. The first-order valence-corrected chi connectivity index (χ1v) is 8.78. The van der Waals surface area contributed by atoms with Crippen molar-refractivity contribution in [1.82, 2.24) is 0 Å². The van der Waals surface area contributed by atoms with Crippen LogP contribution in [0.15, 0.2) is 54.6 Å². The Bertz CT molecular complexity index is 734. The molecule has 2 aromatic carbocycles. The quantitative estimate of drug-likeness (QED) is 0.858. The third kappa shape index (κ3) is 4.69. The van der Waals surface area contributed by atoms with Crippen LogP contribution in [-0.4, -0.2) is 17.0 Å². The minimum Gasteiger partial charge on any atom is -0.481 e. The van der Waals surface area contributed by atoms with E-state index < -0.39 is 5.97 Å². The van der Waals surface area contributed by atoms with Crippen LogP contribution in [0.25, 0.3) is 0 Å². The molecule has 1 aliphatic carbocycles. The zero-order valence-corrected chi connectivity index (χ0v) is 14.2. The van der Waals surface area contributed by atoms with Crippen molar-refractivity contribution >= 4 is 17.6 Å². The van der Waals surface area contributed by atoms with Crippen LogP contribution in [0.4, 0.5) is 5.69 Å². The first kappa shape index (κ1) is 17.2. The molecule has 0 heterocycles. The minimum absolute atomic E-state index is 0.0306. The summed E-state index contributed by atoms with van der Waals surface area (Å²) in [4.78, 5) is 23.3. The fourth-order valence-corrected chi connectivity index (χ4v) is 3.59. The van der Waals surface area contributed by atoms with E-state index in [1.165, 1.54) is 5.56 Å². The monoisotopic (exact) mass is 337 g/mol. The molecular formula is C21H23NO3. The lowest BCUT2D eigenvalue weighted by atomic mass is 9.78. The molecule has 0 bridgehead atoms. The molecule has 0 radical (unpaired) electrons. The predicted octanol–water partition coefficient (Wildman–Crippen LogP) is 4.23. The van der Waals surface area contributed by atoms with Crippen LogP contribution in [0.3, 0.4) is 0 Å². The topological polar surface area (TPSA) is 66.4 Å². The average molecular weight is 337 g/mol. The van der Waals surface area contributed by atoms with Gasteiger partial charge in [-0.3, -0.25) is 9.59 Å². The molecule has 0 saturated heterocycles. The van der Waals surface area contributed by atoms with E-state index >= 15 is 0 Å². The van der Waals surface area contributed by atoms with Gasteiger partial charge >= 0.3 is 5.97 Å². The summed E-state index contributed by atoms with van der Waals surface area (Å²) in [7, 11) is 0. The summed E-state index contributed by atoms with van der Waals surface area (Å²) in [5.41, 5.74) is 2.73. The number of carbonyl (C=O) groups excluding carboxylic acids is 1. The Morgan fingerprint density at radius 3 is 2.36 bits per heavy atom. The summed E-state index contributed by atoms with van der Waals surface area (Å²) >= 11 is 0. The highest BCUT2D eigenvalue weighted by molar-refractivity contribution is 5.92. The third-order valence-electron chi connectivity index (χ3n) is 4.92. The molecule has 0 aliphatic heterocycles. The fourth-order valence-electron chi connectivity index (χ4n) is 3.59. The van der Waals surface area contributed by atoms with Crippen molar-refractivity contribution in [1.29, 1.82) is 0 Å². The Labute approximate surface area is 147 Å². The van der Waals surface area contributed by atoms with E-state index in [0.717, 1.165) is 25.7 Å². The van der Waals surface area contributed by atoms with Crippen LogP contribution in [0.5, 0.6) is 0 Å². The minimum atomic E-state index is -0.872. The average Bonchev–Trinajstić information content (AvgIpc) is 2.62. The summed E-state index contributed by atoms with van der Waals surface area (Å²) in [6.07, 6.45) is 3.80. The number of hydrogen-bond donors (Lipinski definition) is 2. The lowest BCUT2D eigenvalue weighted by molar-refractivity contribution is -0.136. The number of hydrogen-bond acceptors (Lipinski definition) is 2. The number of amides is 1. The van der Waals surface area contributed by atoms with Gasteiger partial charge < -0.3 is 10.4 Å². The van der Waals surface area contributed by atoms with E-state index in [1.807, 2.05) is 6.07 Å². The van der Waals surface area contributed by atoms with Crippen molar-refractivity contribution in [3.63, 3.8) is 0 Å². The van der Waals surface area contributed by atoms with E-state index in [9.17, 15) is 9.59 Å². The Morgan fingerprint density at radius 2 is 1.68 bits per heavy atom. The Morgan fingerprint density at radius 1 is 0.960 bits per heavy atom. The number of benzene rings is 2. The van der Waals surface area contributed by atoms with Gasteiger partial charge in [-0.1, -0.05) is 42.5 Å². The molecule has 3 rings (SSSR count). The molecule has 0 spiro atoms. The van der Waals surface area contributed by atoms with Crippen molar-refractivity contribution < 1.29 is 14.7 Å². The molecule has 4 heteroatoms. The molecule has 1 fully saturated rings. The second-order valence-corrected chi connectivity index (χ2v) is 6.72. The first-order valence-electron chi connectivity index (χ1n) is 8.78. The lowest BCUT2D eigenvalue weighted by Crippen LogP contribution is -2.26. The molecule has 1 aliphatic rings. The standard InChI is InChI=1S/C21H23NO3/c23-20(24)14-15-5-4-8-19(13-15)22-21(25)18-11-9-17(10-12-18)16-6-2-1-3-7-16/h1-8,13,17-18H,9-12,14H2,(H,22,25)(H,23,24). The number of aliphatic carboxylic acids is 1. The van der Waals surface area contributed by atoms with Crippen molar-refractivity contribution in [2.24, 2.45) is 5.92 Å². The molecule has 2 N–H and O–H groups in total. The van der Waals surface area contributed by atoms with Gasteiger partial charge in [0.05, 0.1) is 6.42 Å². The highest BCUT2D eigenvalue weighted by atomic mass is 16.4. The smallest absolute Gasteiger partial charge is 0.307 e. The summed E-state index contributed by atoms with van der Waals surface area (Å²) < 4.78 is 0. The number of carboxylic acid groups (broad SMARTS) is 1. The summed E-state index contributed by atoms with van der Waals surface area (Å²) in [5, 5.41) is 11.8. The van der Waals surface area contributed by atoms with Crippen LogP contribution in [-0.2, 0) is 16.0 Å². The molecule has 4 nitrogen and oxygen atoms in total. The Hall–Kier alpha value is -2.62. The maximum absolute atomic E-state index is 12.5. The van der Waals surface area contributed by atoms with Crippen LogP contribution in [0.1, 0.15) is 42.7 Å². The second kappa shape index (κ2) is 7.97. The Balaban J connectivity index is 1.55. The number of nitrogens with one attached hydrogen (secondary N) is 1. The predicted molar refractivity (Wildman–Crippen MR) is 97.6 cm³/mol. The summed E-state index contributed by atoms with van der Waals surface area (Å²) in [5.74, 6) is -0.256. The zero-order valence-electron chi connectivity index (χ0n) is 14.2. The van der Waals surface area contributed by atoms with Crippen molar-refractivity contribution in [3.05, 3.63) is 65.7 Å². The van der Waals surface area contributed by atoms with Gasteiger partial charge in [-0.2, -0.15) is 0 Å². The number of carbonyl (C=O) groups is 2. The summed E-state index contributed by atoms with van der Waals surface area (Å²) in [6.45, 7) is 0. The van der Waals surface area contributed by atoms with E-state index in [0.29, 0.717) is 17.2 Å². The van der Waals surface area contributed by atoms with Gasteiger partial charge in [-0.15, -0.1) is 0 Å². The van der Waals surface area contributed by atoms with Gasteiger partial charge in [0.1, 0.15) is 0 Å². The number of carboxylic acids is 1. The van der Waals surface area contributed by atoms with Gasteiger partial charge in [0.2, 0.25) is 5.91 Å². The van der Waals surface area contributed by atoms with Gasteiger partial charge in [-0.05, 0) is 54.9 Å². The SMILES string of the molecule is O=C(O)Cc1cccc(NC(=O)C2CCC(c3ccccc3)CC2)c1. The maximum Gasteiger partial charge on any atom is 0.307 e. The molecule has 0 atom stereocenters. The van der Waals surface area contributed by atoms with E-state index in [1.54, 1.807) is 24.3 Å². The van der Waals surface area contributed by atoms with Gasteiger partial charge in [-0.25, -0.2) is 0 Å². The number of anilines is 1. The van der Waals surface area contributed by atoms with Crippen LogP contribution in [0.2, 0.25) is 0 Å². The van der Waals surface area contributed by atoms with Crippen molar-refractivity contribution in [3.8, 4) is 0 Å². The van der Waals surface area contributed by atoms with Crippen LogP contribution < -0.4 is 5.32 Å². The van der Waals surface area contributed by atoms with Crippen LogP contribution >= 0.6 is 0 Å². The molecule has 1 amide bonds. The highest BCUT2D eigenvalue weighted by Crippen LogP contribution is 2.36. The number of rotatable bonds is 5. The van der Waals surface area contributed by atoms with Gasteiger partial charge in [0.15, 0.2) is 0 Å². The molecular weight excluding hydrogens is 314 g/mol. The Kier molecular flexibility index (Phi) is 5.49. The van der Waals surface area contributed by atoms with Crippen LogP contribution in [0, 0.1) is 5.92 Å². The molecule has 0 aromatic heterocycles. The van der Waals surface area contributed by atoms with Crippen molar-refractivity contribution in [2.75, 3.05) is 5.32 Å². The molecule has 0 unspecified atom stereocenters. The van der Waals surface area contributed by atoms with Gasteiger partial charge in [0.25, 0.3) is 0 Å². The molecule has 130 valence electrons. The van der Waals surface area contributed by atoms with Crippen molar-refractivity contribution in [2.45, 2.75) is 38.0 Å². The summed E-state index contributed by atoms with van der Waals surface area (Å²) in [6, 6.07) is 17.6. The largest absolute Gasteiger partial charge is 0.481 e. The lowest BCUT2D eigenvalue weighted by Gasteiger charge is -2.28. The van der Waals surface area contributed by atoms with E-state index in [2.05, 4.69) is 29.6 Å².